The summed E-state index contributed by atoms with van der Waals surface area (Å²) in [6.07, 6.45) is 0. The van der Waals surface area contributed by atoms with E-state index in [9.17, 15) is 18.4 Å². The number of aromatic amines is 2. The molecule has 1 aromatic heterocycles. The molecule has 1 heterocycles. The van der Waals surface area contributed by atoms with Crippen LogP contribution < -0.4 is 11.4 Å². The van der Waals surface area contributed by atoms with Gasteiger partial charge in [0.15, 0.2) is 0 Å². The Kier molecular flexibility index (Phi) is 2.43. The molecule has 84 valence electrons. The number of aromatic nitrogens is 3. The Morgan fingerprint density at radius 1 is 1.12 bits per heavy atom. The van der Waals surface area contributed by atoms with Crippen LogP contribution in [0.25, 0.3) is 0 Å². The van der Waals surface area contributed by atoms with Crippen LogP contribution in [0.5, 0.6) is 0 Å². The van der Waals surface area contributed by atoms with Crippen LogP contribution in [0.15, 0.2) is 27.8 Å². The SMILES string of the molecule is O=c1[nH][nH]c(=O)n1Cc1cc(F)ccc1F. The molecular weight excluding hydrogens is 220 g/mol. The topological polar surface area (TPSA) is 70.7 Å². The molecule has 0 spiro atoms. The van der Waals surface area contributed by atoms with Gasteiger partial charge < -0.3 is 0 Å². The Morgan fingerprint density at radius 2 is 1.75 bits per heavy atom. The summed E-state index contributed by atoms with van der Waals surface area (Å²) in [5.41, 5.74) is -1.46. The van der Waals surface area contributed by atoms with Gasteiger partial charge in [0.05, 0.1) is 6.54 Å². The molecule has 0 unspecified atom stereocenters. The minimum atomic E-state index is -0.700. The van der Waals surface area contributed by atoms with Crippen molar-refractivity contribution < 1.29 is 8.78 Å². The molecule has 0 aliphatic heterocycles. The number of halogens is 2. The fraction of sp³-hybridized carbons (Fsp3) is 0.111. The van der Waals surface area contributed by atoms with Crippen LogP contribution in [0.1, 0.15) is 5.56 Å². The standard InChI is InChI=1S/C9H7F2N3O2/c10-6-1-2-7(11)5(3-6)4-14-8(15)12-13-9(14)16/h1-3H,4H2,(H,12,15)(H,13,16). The summed E-state index contributed by atoms with van der Waals surface area (Å²) in [6.45, 7) is -0.318. The van der Waals surface area contributed by atoms with Crippen molar-refractivity contribution in [3.05, 3.63) is 56.4 Å². The van der Waals surface area contributed by atoms with Crippen molar-refractivity contribution in [2.75, 3.05) is 0 Å². The van der Waals surface area contributed by atoms with Crippen LogP contribution in [0.2, 0.25) is 0 Å². The highest BCUT2D eigenvalue weighted by atomic mass is 19.1. The summed E-state index contributed by atoms with van der Waals surface area (Å²) in [7, 11) is 0. The molecule has 0 saturated carbocycles. The molecular formula is C9H7F2N3O2. The number of rotatable bonds is 2. The van der Waals surface area contributed by atoms with Crippen LogP contribution in [-0.2, 0) is 6.54 Å². The number of hydrogen-bond acceptors (Lipinski definition) is 2. The van der Waals surface area contributed by atoms with E-state index in [1.807, 2.05) is 10.2 Å². The first kappa shape index (κ1) is 10.3. The van der Waals surface area contributed by atoms with Gasteiger partial charge in [0.2, 0.25) is 0 Å². The first-order valence-electron chi connectivity index (χ1n) is 4.39. The minimum absolute atomic E-state index is 0.0628. The van der Waals surface area contributed by atoms with E-state index in [0.717, 1.165) is 22.8 Å². The van der Waals surface area contributed by atoms with Crippen molar-refractivity contribution in [2.24, 2.45) is 0 Å². The van der Waals surface area contributed by atoms with E-state index in [4.69, 9.17) is 0 Å². The van der Waals surface area contributed by atoms with Crippen LogP contribution in [0.3, 0.4) is 0 Å². The third-order valence-corrected chi connectivity index (χ3v) is 2.10. The summed E-state index contributed by atoms with van der Waals surface area (Å²) in [6, 6.07) is 2.84. The smallest absolute Gasteiger partial charge is 0.247 e. The Morgan fingerprint density at radius 3 is 2.38 bits per heavy atom. The predicted octanol–water partition coefficient (Wildman–Crippen LogP) is 0.191. The second kappa shape index (κ2) is 3.76. The lowest BCUT2D eigenvalue weighted by molar-refractivity contribution is 0.572. The second-order valence-electron chi connectivity index (χ2n) is 3.18. The van der Waals surface area contributed by atoms with Crippen molar-refractivity contribution >= 4 is 0 Å². The van der Waals surface area contributed by atoms with Crippen molar-refractivity contribution in [3.8, 4) is 0 Å². The Bertz CT molecular complexity index is 599. The lowest BCUT2D eigenvalue weighted by Gasteiger charge is -2.02. The maximum Gasteiger partial charge on any atom is 0.344 e. The molecule has 0 bridgehead atoms. The van der Waals surface area contributed by atoms with E-state index in [1.165, 1.54) is 0 Å². The molecule has 7 heteroatoms. The molecule has 0 saturated heterocycles. The van der Waals surface area contributed by atoms with Crippen molar-refractivity contribution in [1.29, 1.82) is 0 Å². The summed E-state index contributed by atoms with van der Waals surface area (Å²) in [5.74, 6) is -1.30. The second-order valence-corrected chi connectivity index (χ2v) is 3.18. The highest BCUT2D eigenvalue weighted by molar-refractivity contribution is 5.18. The number of nitrogens with one attached hydrogen (secondary N) is 2. The van der Waals surface area contributed by atoms with Gasteiger partial charge in [-0.15, -0.1) is 0 Å². The summed E-state index contributed by atoms with van der Waals surface area (Å²) < 4.78 is 26.8. The number of hydrogen-bond donors (Lipinski definition) is 2. The quantitative estimate of drug-likeness (QED) is 0.768. The molecule has 2 aromatic rings. The molecule has 1 aromatic carbocycles. The molecule has 0 radical (unpaired) electrons. The Hall–Kier alpha value is -2.18. The van der Waals surface area contributed by atoms with Gasteiger partial charge in [0.1, 0.15) is 11.6 Å². The number of nitrogens with zero attached hydrogens (tertiary/aromatic N) is 1. The van der Waals surface area contributed by atoms with Crippen LogP contribution in [0.4, 0.5) is 8.78 Å². The van der Waals surface area contributed by atoms with Crippen molar-refractivity contribution in [2.45, 2.75) is 6.54 Å². The summed E-state index contributed by atoms with van der Waals surface area (Å²) in [5, 5.41) is 4.09. The lowest BCUT2D eigenvalue weighted by atomic mass is 10.2. The molecule has 0 atom stereocenters. The number of benzene rings is 1. The monoisotopic (exact) mass is 227 g/mol. The average molecular weight is 227 g/mol. The lowest BCUT2D eigenvalue weighted by Crippen LogP contribution is -2.27. The maximum absolute atomic E-state index is 13.2. The highest BCUT2D eigenvalue weighted by Gasteiger charge is 2.08. The van der Waals surface area contributed by atoms with Crippen molar-refractivity contribution in [3.63, 3.8) is 0 Å². The van der Waals surface area contributed by atoms with E-state index in [0.29, 0.717) is 0 Å². The first-order valence-corrected chi connectivity index (χ1v) is 4.39. The molecule has 2 rings (SSSR count). The molecule has 2 N–H and O–H groups in total. The van der Waals surface area contributed by atoms with E-state index >= 15 is 0 Å². The zero-order valence-corrected chi connectivity index (χ0v) is 7.96. The minimum Gasteiger partial charge on any atom is -0.247 e. The average Bonchev–Trinajstić information content (AvgIpc) is 2.55. The zero-order chi connectivity index (χ0) is 11.7. The van der Waals surface area contributed by atoms with Crippen LogP contribution in [0, 0.1) is 11.6 Å². The molecule has 16 heavy (non-hydrogen) atoms. The third-order valence-electron chi connectivity index (χ3n) is 2.10. The van der Waals surface area contributed by atoms with Gasteiger partial charge in [-0.2, -0.15) is 0 Å². The van der Waals surface area contributed by atoms with Gasteiger partial charge in [-0.3, -0.25) is 0 Å². The molecule has 5 nitrogen and oxygen atoms in total. The van der Waals surface area contributed by atoms with E-state index in [1.54, 1.807) is 0 Å². The van der Waals surface area contributed by atoms with Crippen molar-refractivity contribution in [1.82, 2.24) is 14.8 Å². The first-order chi connectivity index (χ1) is 7.58. The van der Waals surface area contributed by atoms with E-state index in [2.05, 4.69) is 0 Å². The Balaban J connectivity index is 2.45. The fourth-order valence-electron chi connectivity index (χ4n) is 1.31. The van der Waals surface area contributed by atoms with E-state index in [-0.39, 0.29) is 12.1 Å². The summed E-state index contributed by atoms with van der Waals surface area (Å²) >= 11 is 0. The van der Waals surface area contributed by atoms with Gasteiger partial charge in [0, 0.05) is 5.56 Å². The summed E-state index contributed by atoms with van der Waals surface area (Å²) in [4.78, 5) is 22.2. The molecule has 0 aliphatic carbocycles. The van der Waals surface area contributed by atoms with Gasteiger partial charge in [0.25, 0.3) is 0 Å². The third kappa shape index (κ3) is 1.79. The Labute approximate surface area is 87.3 Å². The van der Waals surface area contributed by atoms with E-state index < -0.39 is 23.0 Å². The van der Waals surface area contributed by atoms with Gasteiger partial charge >= 0.3 is 11.4 Å². The predicted molar refractivity (Wildman–Crippen MR) is 51.1 cm³/mol. The highest BCUT2D eigenvalue weighted by Crippen LogP contribution is 2.09. The number of H-pyrrole nitrogens is 2. The van der Waals surface area contributed by atoms with Crippen LogP contribution >= 0.6 is 0 Å². The largest absolute Gasteiger partial charge is 0.344 e. The zero-order valence-electron chi connectivity index (χ0n) is 7.96. The molecule has 0 amide bonds. The van der Waals surface area contributed by atoms with Gasteiger partial charge in [-0.05, 0) is 18.2 Å². The van der Waals surface area contributed by atoms with Gasteiger partial charge in [-0.25, -0.2) is 33.1 Å². The molecule has 0 fully saturated rings. The van der Waals surface area contributed by atoms with Gasteiger partial charge in [-0.1, -0.05) is 0 Å². The normalized spacial score (nSPS) is 10.6. The fourth-order valence-corrected chi connectivity index (χ4v) is 1.31. The molecule has 0 aliphatic rings. The maximum atomic E-state index is 13.2. The van der Waals surface area contributed by atoms with Crippen LogP contribution in [-0.4, -0.2) is 14.8 Å².